The van der Waals surface area contributed by atoms with Crippen LogP contribution in [0.4, 0.5) is 29.0 Å². The van der Waals surface area contributed by atoms with Gasteiger partial charge in [0, 0.05) is 57.2 Å². The Morgan fingerprint density at radius 1 is 0.592 bits per heavy atom. The Hall–Kier alpha value is -4.58. The molecule has 0 aliphatic carbocycles. The van der Waals surface area contributed by atoms with E-state index in [1.165, 1.54) is 65.9 Å². The van der Waals surface area contributed by atoms with Crippen molar-refractivity contribution in [2.24, 2.45) is 48.6 Å². The first-order chi connectivity index (χ1) is 33.5. The van der Waals surface area contributed by atoms with Gasteiger partial charge in [-0.2, -0.15) is 0 Å². The lowest BCUT2D eigenvalue weighted by Crippen LogP contribution is -3.00. The summed E-state index contributed by atoms with van der Waals surface area (Å²) in [6, 6.07) is 32.8. The lowest BCUT2D eigenvalue weighted by molar-refractivity contribution is -0.657. The van der Waals surface area contributed by atoms with Crippen molar-refractivity contribution in [3.05, 3.63) is 150 Å². The van der Waals surface area contributed by atoms with Gasteiger partial charge in [-0.25, -0.2) is 18.3 Å². The number of ketones is 1. The molecular weight excluding hydrogens is 1010 g/mol. The number of carboxylic acid groups (broad SMARTS) is 1. The summed E-state index contributed by atoms with van der Waals surface area (Å²) in [5.74, 6) is 3.85. The third-order valence-electron chi connectivity index (χ3n) is 11.7. The Kier molecular flexibility index (Phi) is 26.4. The monoisotopic (exact) mass is 1080 g/mol. The van der Waals surface area contributed by atoms with E-state index >= 15 is 0 Å². The largest absolute Gasteiger partial charge is 1.00 e. The van der Waals surface area contributed by atoms with Gasteiger partial charge in [0.25, 0.3) is 0 Å². The fraction of sp³-hybridized carbons (Fsp3) is 0.396. The lowest BCUT2D eigenvalue weighted by atomic mass is 10.00. The van der Waals surface area contributed by atoms with Crippen molar-refractivity contribution >= 4 is 83.9 Å². The van der Waals surface area contributed by atoms with E-state index in [9.17, 15) is 9.59 Å². The molecule has 0 radical (unpaired) electrons. The van der Waals surface area contributed by atoms with Crippen LogP contribution in [0.5, 0.6) is 0 Å². The number of nitrogens with zero attached hydrogens (tertiary/aromatic N) is 8. The number of unbranched alkanes of at least 4 members (excludes halogenated alkanes) is 2. The Bertz CT molecular complexity index is 2520. The van der Waals surface area contributed by atoms with E-state index in [1.54, 1.807) is 0 Å². The van der Waals surface area contributed by atoms with Gasteiger partial charge in [0.15, 0.2) is 0 Å². The van der Waals surface area contributed by atoms with Gasteiger partial charge in [-0.3, -0.25) is 9.59 Å². The zero-order valence-corrected chi connectivity index (χ0v) is 45.9. The van der Waals surface area contributed by atoms with Crippen LogP contribution in [-0.2, 0) is 57.0 Å². The molecule has 12 nitrogen and oxygen atoms in total. The summed E-state index contributed by atoms with van der Waals surface area (Å²) in [7, 11) is 15.7. The number of anilines is 1. The predicted octanol–water partition coefficient (Wildman–Crippen LogP) is 6.91. The molecule has 2 atom stereocenters. The van der Waals surface area contributed by atoms with E-state index in [1.807, 2.05) is 151 Å². The normalized spacial score (nSPS) is 15.1. The summed E-state index contributed by atoms with van der Waals surface area (Å²) in [6.07, 6.45) is 20.3. The predicted molar refractivity (Wildman–Crippen MR) is 288 cm³/mol. The van der Waals surface area contributed by atoms with Crippen LogP contribution in [-0.4, -0.2) is 48.0 Å². The summed E-state index contributed by atoms with van der Waals surface area (Å²) in [5, 5.41) is 27.3. The summed E-state index contributed by atoms with van der Waals surface area (Å²) >= 11 is 0. The molecule has 2 aliphatic heterocycles. The molecule has 6 aromatic rings. The lowest BCUT2D eigenvalue weighted by Gasteiger charge is -2.07. The number of carbonyl (C=O) groups is 2. The molecule has 8 rings (SSSR count). The molecule has 2 aromatic heterocycles. The van der Waals surface area contributed by atoms with Crippen LogP contribution >= 0.6 is 43.2 Å². The number of hydrogen-bond acceptors (Lipinski definition) is 11. The fourth-order valence-electron chi connectivity index (χ4n) is 7.68. The van der Waals surface area contributed by atoms with Crippen molar-refractivity contribution in [2.45, 2.75) is 94.0 Å². The first-order valence-corrected chi connectivity index (χ1v) is 28.5. The standard InChI is InChI=1S/C27H33N4OS2.C18H20N5.C8H14O2S2.2ClH/c1-30-16-17-31(2)27(30)29-28-24-13-11-22(12-14-24)19-21-7-9-23(10-8-21)20-25(32)5-3-4-6-26-15-18-33-34-26;1-22-11-12-23(2)18(22)21-20-17-9-5-15(6-10-17)13-14-3-7-16(19)8-4-14;9-8(10)4-2-1-3-7-5-6-11-12-7;;/h7-14,16-17,26H,3-6,15,18-20H2,1-2H3;3-12H,13,19H2,1-2H3;7H,1-6H2,(H,9,10);2*1H/q2*+1;;;/p-2. The number of nitrogen functional groups attached to an aromatic ring is 1. The number of imidazole rings is 2. The highest BCUT2D eigenvalue weighted by Gasteiger charge is 2.17. The summed E-state index contributed by atoms with van der Waals surface area (Å²) in [4.78, 5) is 22.5. The first kappa shape index (κ1) is 59.0. The number of nitrogens with two attached hydrogens (primary N) is 1. The third kappa shape index (κ3) is 21.2. The second kappa shape index (κ2) is 31.8. The minimum absolute atomic E-state index is 0. The van der Waals surface area contributed by atoms with Crippen LogP contribution in [0.3, 0.4) is 0 Å². The van der Waals surface area contributed by atoms with Crippen LogP contribution in [0.2, 0.25) is 0 Å². The fourth-order valence-corrected chi connectivity index (χ4v) is 13.7. The molecule has 18 heteroatoms. The number of benzene rings is 4. The van der Waals surface area contributed by atoms with Gasteiger partial charge >= 0.3 is 17.9 Å². The summed E-state index contributed by atoms with van der Waals surface area (Å²) in [6.45, 7) is 0. The van der Waals surface area contributed by atoms with Crippen LogP contribution in [0.25, 0.3) is 0 Å². The Morgan fingerprint density at radius 2 is 0.986 bits per heavy atom. The maximum atomic E-state index is 12.4. The second-order valence-corrected chi connectivity index (χ2v) is 23.1. The molecule has 2 saturated heterocycles. The molecule has 3 N–H and O–H groups in total. The number of aliphatic carboxylic acids is 1. The van der Waals surface area contributed by atoms with Crippen molar-refractivity contribution in [2.75, 3.05) is 17.2 Å². The van der Waals surface area contributed by atoms with Gasteiger partial charge in [0.2, 0.25) is 0 Å². The van der Waals surface area contributed by atoms with Gasteiger partial charge in [0.1, 0.15) is 17.2 Å². The number of hydrogen-bond donors (Lipinski definition) is 2. The Balaban J connectivity index is 0.000000255. The first-order valence-electron chi connectivity index (χ1n) is 23.7. The van der Waals surface area contributed by atoms with Crippen LogP contribution in [0, 0.1) is 0 Å². The number of Topliss-reactive ketones (excluding diaryl/α,β-unsaturated/α-hetero) is 1. The Morgan fingerprint density at radius 3 is 1.37 bits per heavy atom. The maximum Gasteiger partial charge on any atom is 0.421 e. The zero-order valence-electron chi connectivity index (χ0n) is 41.1. The van der Waals surface area contributed by atoms with Crippen molar-refractivity contribution in [1.29, 1.82) is 0 Å². The van der Waals surface area contributed by atoms with Gasteiger partial charge in [-0.1, -0.05) is 127 Å². The molecule has 2 unspecified atom stereocenters. The van der Waals surface area contributed by atoms with Crippen LogP contribution in [0.15, 0.2) is 142 Å². The van der Waals surface area contributed by atoms with Crippen molar-refractivity contribution < 1.29 is 48.6 Å². The molecule has 4 heterocycles. The molecule has 0 amide bonds. The highest BCUT2D eigenvalue weighted by molar-refractivity contribution is 8.77. The van der Waals surface area contributed by atoms with Gasteiger partial charge in [-0.05, 0) is 116 Å². The minimum Gasteiger partial charge on any atom is -1.00 e. The molecule has 71 heavy (non-hydrogen) atoms. The molecule has 2 fully saturated rings. The van der Waals surface area contributed by atoms with Gasteiger partial charge in [-0.15, -0.1) is 0 Å². The van der Waals surface area contributed by atoms with Crippen molar-refractivity contribution in [3.63, 3.8) is 0 Å². The number of carbonyl (C=O) groups excluding carboxylic acids is 1. The highest BCUT2D eigenvalue weighted by atomic mass is 35.5. The molecule has 0 spiro atoms. The summed E-state index contributed by atoms with van der Waals surface area (Å²) < 4.78 is 7.73. The average Bonchev–Trinajstić information content (AvgIpc) is 4.19. The van der Waals surface area contributed by atoms with Crippen molar-refractivity contribution in [1.82, 2.24) is 9.13 Å². The number of aryl methyl sites for hydroxylation is 4. The summed E-state index contributed by atoms with van der Waals surface area (Å²) in [5.41, 5.74) is 14.2. The number of aromatic nitrogens is 4. The molecule has 0 bridgehead atoms. The molecule has 0 saturated carbocycles. The Labute approximate surface area is 448 Å². The second-order valence-electron chi connectivity index (χ2n) is 17.5. The van der Waals surface area contributed by atoms with Gasteiger partial charge < -0.3 is 35.7 Å². The maximum absolute atomic E-state index is 12.4. The van der Waals surface area contributed by atoms with E-state index < -0.39 is 5.97 Å². The third-order valence-corrected chi connectivity index (χ3v) is 17.8. The van der Waals surface area contributed by atoms with Crippen molar-refractivity contribution in [3.8, 4) is 0 Å². The van der Waals surface area contributed by atoms with E-state index in [0.717, 1.165) is 77.1 Å². The zero-order chi connectivity index (χ0) is 48.8. The minimum atomic E-state index is -0.663. The number of carboxylic acids is 1. The van der Waals surface area contributed by atoms with Gasteiger partial charge in [0.05, 0.1) is 53.0 Å². The van der Waals surface area contributed by atoms with E-state index in [-0.39, 0.29) is 24.8 Å². The average molecular weight is 1080 g/mol. The van der Waals surface area contributed by atoms with E-state index in [4.69, 9.17) is 10.8 Å². The van der Waals surface area contributed by atoms with E-state index in [2.05, 4.69) is 81.1 Å². The molecule has 4 aromatic carbocycles. The van der Waals surface area contributed by atoms with E-state index in [0.29, 0.717) is 25.0 Å². The van der Waals surface area contributed by atoms with Crippen LogP contribution in [0.1, 0.15) is 92.0 Å². The van der Waals surface area contributed by atoms with Crippen LogP contribution < -0.4 is 39.7 Å². The number of azo groups is 2. The number of rotatable bonds is 20. The highest BCUT2D eigenvalue weighted by Crippen LogP contribution is 2.40. The SMILES string of the molecule is Cn1cc[n+](C)c1N=Nc1ccc(Cc2ccc(CC(=O)CCCCC3CCSS3)cc2)cc1.Cn1cc[n+](C)c1N=Nc1ccc(Cc2ccc(N)cc2)cc1.O=C(O)CCCCC1CCSS1.[Cl-].[Cl-]. The molecule has 2 aliphatic rings. The topological polar surface area (TPSA) is 147 Å². The quantitative estimate of drug-likeness (QED) is 0.0276. The smallest absolute Gasteiger partial charge is 0.421 e. The number of halogens is 2. The molecule has 380 valence electrons. The molecular formula is C53H67Cl2N9O3S4.